The zero-order valence-corrected chi connectivity index (χ0v) is 23.6. The topological polar surface area (TPSA) is 83.5 Å². The molecule has 0 spiro atoms. The van der Waals surface area contributed by atoms with Gasteiger partial charge in [-0.15, -0.1) is 0 Å². The van der Waals surface area contributed by atoms with Gasteiger partial charge >= 0.3 is 6.03 Å². The van der Waals surface area contributed by atoms with Gasteiger partial charge < -0.3 is 14.8 Å². The van der Waals surface area contributed by atoms with Crippen LogP contribution in [-0.4, -0.2) is 52.9 Å². The maximum atomic E-state index is 14.5. The Morgan fingerprint density at radius 2 is 1.85 bits per heavy atom. The second-order valence-corrected chi connectivity index (χ2v) is 11.5. The largest absolute Gasteiger partial charge is 0.494 e. The van der Waals surface area contributed by atoms with Gasteiger partial charge in [0, 0.05) is 12.1 Å². The summed E-state index contributed by atoms with van der Waals surface area (Å²) < 4.78 is 26.8. The highest BCUT2D eigenvalue weighted by Gasteiger charge is 2.63. The Morgan fingerprint density at radius 3 is 2.50 bits per heavy atom. The fraction of sp³-hybridized carbons (Fsp3) is 0.367. The molecule has 8 nitrogen and oxygen atoms in total. The number of amides is 3. The lowest BCUT2D eigenvalue weighted by molar-refractivity contribution is -0.123. The van der Waals surface area contributed by atoms with Gasteiger partial charge in [-0.3, -0.25) is 19.6 Å². The average molecular weight is 565 g/mol. The molecular weight excluding hydrogens is 535 g/mol. The molecule has 2 aromatic carbocycles. The summed E-state index contributed by atoms with van der Waals surface area (Å²) >= 11 is 6.21. The van der Waals surface area contributed by atoms with E-state index in [-0.39, 0.29) is 18.6 Å². The number of rotatable bonds is 5. The predicted octanol–water partition coefficient (Wildman–Crippen LogP) is 5.49. The number of carbonyl (C=O) groups is 2. The Hall–Kier alpha value is -3.69. The van der Waals surface area contributed by atoms with Gasteiger partial charge in [-0.25, -0.2) is 9.18 Å². The van der Waals surface area contributed by atoms with E-state index in [0.717, 1.165) is 5.56 Å². The third kappa shape index (κ3) is 3.78. The highest BCUT2D eigenvalue weighted by molar-refractivity contribution is 6.30. The van der Waals surface area contributed by atoms with Crippen LogP contribution in [0.25, 0.3) is 0 Å². The number of hydrogen-bond acceptors (Lipinski definition) is 5. The monoisotopic (exact) mass is 564 g/mol. The lowest BCUT2D eigenvalue weighted by atomic mass is 9.71. The summed E-state index contributed by atoms with van der Waals surface area (Å²) in [4.78, 5) is 35.7. The summed E-state index contributed by atoms with van der Waals surface area (Å²) in [5, 5.41) is 3.52. The van der Waals surface area contributed by atoms with Crippen molar-refractivity contribution in [2.45, 2.75) is 51.5 Å². The first-order valence-electron chi connectivity index (χ1n) is 13.2. The fourth-order valence-electron chi connectivity index (χ4n) is 6.19. The molecule has 4 atom stereocenters. The molecule has 0 bridgehead atoms. The number of nitrogens with one attached hydrogen (secondary N) is 1. The van der Waals surface area contributed by atoms with Crippen LogP contribution in [0.2, 0.25) is 5.02 Å². The van der Waals surface area contributed by atoms with Gasteiger partial charge in [0.15, 0.2) is 0 Å². The molecule has 10 heteroatoms. The van der Waals surface area contributed by atoms with Crippen LogP contribution in [0.4, 0.5) is 9.18 Å². The average Bonchev–Trinajstić information content (AvgIpc) is 3.32. The standard InChI is InChI=1S/C30H30ClFN4O4/c1-16(2)40-21-14-29(3,39-5)25-26-30(21,4)27-34-23(18-7-6-8-20(32)13-18)24(17-9-11-19(31)12-10-17)36(27)28(38)35(26)15-22(37)33-25/h6-14,16,23-24H,15H2,1-5H3,(H,33,37)/t23-,24+,29?,30?/m1/s1. The molecule has 208 valence electrons. The molecule has 40 heavy (non-hydrogen) atoms. The maximum Gasteiger partial charge on any atom is 0.330 e. The van der Waals surface area contributed by atoms with E-state index in [0.29, 0.717) is 33.6 Å². The number of fused-ring (bicyclic) bond motifs is 2. The van der Waals surface area contributed by atoms with Crippen LogP contribution in [0.3, 0.4) is 0 Å². The quantitative estimate of drug-likeness (QED) is 0.521. The van der Waals surface area contributed by atoms with E-state index in [4.69, 9.17) is 26.1 Å². The van der Waals surface area contributed by atoms with Crippen LogP contribution in [0.5, 0.6) is 0 Å². The summed E-state index contributed by atoms with van der Waals surface area (Å²) in [6.07, 6.45) is 1.65. The Kier molecular flexibility index (Phi) is 6.08. The highest BCUT2D eigenvalue weighted by Crippen LogP contribution is 2.57. The van der Waals surface area contributed by atoms with Gasteiger partial charge in [0.2, 0.25) is 5.91 Å². The van der Waals surface area contributed by atoms with Crippen LogP contribution < -0.4 is 5.32 Å². The second kappa shape index (κ2) is 9.17. The number of urea groups is 1. The molecule has 2 unspecified atom stereocenters. The number of amidine groups is 1. The van der Waals surface area contributed by atoms with Crippen molar-refractivity contribution in [3.05, 3.63) is 93.7 Å². The van der Waals surface area contributed by atoms with Gasteiger partial charge in [0.1, 0.15) is 41.0 Å². The molecular formula is C30H30ClFN4O4. The molecule has 1 N–H and O–H groups in total. The van der Waals surface area contributed by atoms with E-state index in [1.54, 1.807) is 36.3 Å². The van der Waals surface area contributed by atoms with Crippen molar-refractivity contribution in [1.29, 1.82) is 0 Å². The zero-order valence-electron chi connectivity index (χ0n) is 22.9. The fourth-order valence-corrected chi connectivity index (χ4v) is 6.32. The van der Waals surface area contributed by atoms with Crippen molar-refractivity contribution in [2.24, 2.45) is 10.4 Å². The number of halogens is 2. The Bertz CT molecular complexity index is 1520. The number of ether oxygens (including phenoxy) is 2. The first-order chi connectivity index (χ1) is 19.0. The highest BCUT2D eigenvalue weighted by atomic mass is 35.5. The molecule has 3 amide bonds. The van der Waals surface area contributed by atoms with Crippen molar-refractivity contribution >= 4 is 29.4 Å². The second-order valence-electron chi connectivity index (χ2n) is 11.1. The third-order valence-electron chi connectivity index (χ3n) is 8.08. The molecule has 0 radical (unpaired) electrons. The zero-order chi connectivity index (χ0) is 28.6. The lowest BCUT2D eigenvalue weighted by Crippen LogP contribution is -2.66. The molecule has 1 saturated heterocycles. The van der Waals surface area contributed by atoms with Crippen molar-refractivity contribution in [1.82, 2.24) is 15.1 Å². The smallest absolute Gasteiger partial charge is 0.330 e. The van der Waals surface area contributed by atoms with Gasteiger partial charge in [-0.2, -0.15) is 0 Å². The maximum absolute atomic E-state index is 14.5. The Balaban J connectivity index is 1.64. The predicted molar refractivity (Wildman–Crippen MR) is 148 cm³/mol. The minimum absolute atomic E-state index is 0.177. The number of aliphatic imine (C=N–C) groups is 1. The van der Waals surface area contributed by atoms with Crippen LogP contribution in [0.1, 0.15) is 50.9 Å². The van der Waals surface area contributed by atoms with E-state index in [1.165, 1.54) is 17.0 Å². The Morgan fingerprint density at radius 1 is 1.12 bits per heavy atom. The molecule has 1 aliphatic carbocycles. The van der Waals surface area contributed by atoms with E-state index in [9.17, 15) is 14.0 Å². The summed E-state index contributed by atoms with van der Waals surface area (Å²) in [6.45, 7) is 7.44. The van der Waals surface area contributed by atoms with E-state index >= 15 is 0 Å². The number of benzene rings is 2. The summed E-state index contributed by atoms with van der Waals surface area (Å²) in [7, 11) is 1.55. The number of carbonyl (C=O) groups excluding carboxylic acids is 2. The molecule has 3 heterocycles. The SMILES string of the molecule is COC1(C)C=C(OC(C)C)C2(C)C3=N[C@H](c4cccc(F)c4)[C@H](c4ccc(Cl)cc4)N3C(=O)N3CC(=O)NC1=C32. The van der Waals surface area contributed by atoms with E-state index in [2.05, 4.69) is 5.32 Å². The van der Waals surface area contributed by atoms with Crippen molar-refractivity contribution in [3.63, 3.8) is 0 Å². The van der Waals surface area contributed by atoms with Crippen LogP contribution in [0, 0.1) is 11.2 Å². The van der Waals surface area contributed by atoms with E-state index < -0.39 is 34.9 Å². The molecule has 0 aromatic heterocycles. The molecule has 2 aromatic rings. The molecule has 0 saturated carbocycles. The molecule has 6 rings (SSSR count). The van der Waals surface area contributed by atoms with Crippen LogP contribution in [0.15, 0.2) is 76.8 Å². The third-order valence-corrected chi connectivity index (χ3v) is 8.33. The summed E-state index contributed by atoms with van der Waals surface area (Å²) in [5.74, 6) is 0.280. The summed E-state index contributed by atoms with van der Waals surface area (Å²) in [6, 6.07) is 11.8. The van der Waals surface area contributed by atoms with Crippen LogP contribution in [-0.2, 0) is 14.3 Å². The van der Waals surface area contributed by atoms with Crippen molar-refractivity contribution in [3.8, 4) is 0 Å². The lowest BCUT2D eigenvalue weighted by Gasteiger charge is -2.54. The molecule has 3 aliphatic heterocycles. The first kappa shape index (κ1) is 26.5. The van der Waals surface area contributed by atoms with Gasteiger partial charge in [-0.1, -0.05) is 35.9 Å². The van der Waals surface area contributed by atoms with Gasteiger partial charge in [0.05, 0.1) is 23.5 Å². The Labute approximate surface area is 237 Å². The van der Waals surface area contributed by atoms with E-state index in [1.807, 2.05) is 45.9 Å². The molecule has 4 aliphatic rings. The summed E-state index contributed by atoms with van der Waals surface area (Å²) in [5.41, 5.74) is 0.296. The minimum atomic E-state index is -1.06. The minimum Gasteiger partial charge on any atom is -0.494 e. The first-order valence-corrected chi connectivity index (χ1v) is 13.6. The number of nitrogens with zero attached hydrogens (tertiary/aromatic N) is 3. The van der Waals surface area contributed by atoms with Crippen molar-refractivity contribution in [2.75, 3.05) is 13.7 Å². The van der Waals surface area contributed by atoms with Gasteiger partial charge in [0.25, 0.3) is 0 Å². The molecule has 1 fully saturated rings. The number of methoxy groups -OCH3 is 1. The van der Waals surface area contributed by atoms with Gasteiger partial charge in [-0.05, 0) is 69.2 Å². The number of hydrogen-bond donors (Lipinski definition) is 1. The normalized spacial score (nSPS) is 29.2. The van der Waals surface area contributed by atoms with Crippen LogP contribution >= 0.6 is 11.6 Å². The van der Waals surface area contributed by atoms with Crippen molar-refractivity contribution < 1.29 is 23.5 Å².